The Morgan fingerprint density at radius 2 is 1.86 bits per heavy atom. The average Bonchev–Trinajstić information content (AvgIpc) is 2.51. The van der Waals surface area contributed by atoms with Crippen molar-refractivity contribution in [2.75, 3.05) is 0 Å². The van der Waals surface area contributed by atoms with Gasteiger partial charge in [0.25, 0.3) is 5.56 Å². The molecule has 22 heavy (non-hydrogen) atoms. The fraction of sp³-hybridized carbons (Fsp3) is 0.0588. The highest BCUT2D eigenvalue weighted by molar-refractivity contribution is 6.42. The van der Waals surface area contributed by atoms with E-state index < -0.39 is 0 Å². The van der Waals surface area contributed by atoms with Gasteiger partial charge in [-0.3, -0.25) is 9.36 Å². The maximum atomic E-state index is 12.5. The molecule has 0 saturated heterocycles. The largest absolute Gasteiger partial charge is 0.271 e. The third-order valence-electron chi connectivity index (χ3n) is 3.37. The van der Waals surface area contributed by atoms with Crippen LogP contribution < -0.4 is 5.56 Å². The predicted octanol–water partition coefficient (Wildman–Crippen LogP) is 4.64. The van der Waals surface area contributed by atoms with Crippen molar-refractivity contribution in [2.24, 2.45) is 0 Å². The standard InChI is InChI=1S/C17H12Cl2N2O/c1-11-20-15-8-3-2-6-13(15)17(22)21(11)10-9-12-5-4-7-14(18)16(12)19/h2-10H,1H3/b10-9+. The van der Waals surface area contributed by atoms with Crippen LogP contribution in [-0.2, 0) is 0 Å². The summed E-state index contributed by atoms with van der Waals surface area (Å²) in [4.78, 5) is 17.0. The first-order valence-electron chi connectivity index (χ1n) is 6.68. The number of nitrogens with zero attached hydrogens (tertiary/aromatic N) is 2. The third-order valence-corrected chi connectivity index (χ3v) is 4.20. The Kier molecular flexibility index (Phi) is 4.01. The number of hydrogen-bond acceptors (Lipinski definition) is 2. The summed E-state index contributed by atoms with van der Waals surface area (Å²) in [5.41, 5.74) is 1.32. The molecule has 1 aromatic heterocycles. The molecular weight excluding hydrogens is 319 g/mol. The van der Waals surface area contributed by atoms with Gasteiger partial charge in [0, 0.05) is 6.20 Å². The van der Waals surface area contributed by atoms with Gasteiger partial charge in [-0.1, -0.05) is 47.5 Å². The van der Waals surface area contributed by atoms with E-state index in [1.54, 1.807) is 31.3 Å². The lowest BCUT2D eigenvalue weighted by molar-refractivity contribution is 0.943. The third kappa shape index (κ3) is 2.65. The normalized spacial score (nSPS) is 11.4. The van der Waals surface area contributed by atoms with Gasteiger partial charge in [-0.15, -0.1) is 0 Å². The topological polar surface area (TPSA) is 34.9 Å². The van der Waals surface area contributed by atoms with Gasteiger partial charge < -0.3 is 0 Å². The summed E-state index contributed by atoms with van der Waals surface area (Å²) < 4.78 is 1.50. The number of fused-ring (bicyclic) bond motifs is 1. The van der Waals surface area contributed by atoms with Crippen LogP contribution >= 0.6 is 23.2 Å². The SMILES string of the molecule is Cc1nc2ccccc2c(=O)n1/C=C/c1cccc(Cl)c1Cl. The summed E-state index contributed by atoms with van der Waals surface area (Å²) in [6, 6.07) is 12.6. The molecule has 0 unspecified atom stereocenters. The van der Waals surface area contributed by atoms with Gasteiger partial charge in [-0.05, 0) is 36.8 Å². The molecule has 0 fully saturated rings. The van der Waals surface area contributed by atoms with E-state index in [-0.39, 0.29) is 5.56 Å². The van der Waals surface area contributed by atoms with Gasteiger partial charge in [0.1, 0.15) is 5.82 Å². The second-order valence-electron chi connectivity index (χ2n) is 4.81. The van der Waals surface area contributed by atoms with E-state index in [0.29, 0.717) is 26.8 Å². The molecule has 3 rings (SSSR count). The number of aromatic nitrogens is 2. The Morgan fingerprint density at radius 3 is 2.68 bits per heavy atom. The second kappa shape index (κ2) is 5.95. The van der Waals surface area contributed by atoms with Crippen LogP contribution in [0.2, 0.25) is 10.0 Å². The Hall–Kier alpha value is -2.10. The zero-order chi connectivity index (χ0) is 15.7. The van der Waals surface area contributed by atoms with Crippen LogP contribution in [0.1, 0.15) is 11.4 Å². The molecule has 0 amide bonds. The van der Waals surface area contributed by atoms with E-state index in [0.717, 1.165) is 5.56 Å². The molecule has 0 N–H and O–H groups in total. The zero-order valence-corrected chi connectivity index (χ0v) is 13.3. The van der Waals surface area contributed by atoms with Crippen LogP contribution in [0.5, 0.6) is 0 Å². The molecule has 0 atom stereocenters. The van der Waals surface area contributed by atoms with Crippen molar-refractivity contribution in [3.05, 3.63) is 74.3 Å². The minimum Gasteiger partial charge on any atom is -0.271 e. The van der Waals surface area contributed by atoms with Crippen LogP contribution in [0.4, 0.5) is 0 Å². The lowest BCUT2D eigenvalue weighted by Crippen LogP contribution is -2.19. The van der Waals surface area contributed by atoms with Crippen molar-refractivity contribution in [1.29, 1.82) is 0 Å². The molecule has 0 spiro atoms. The highest BCUT2D eigenvalue weighted by atomic mass is 35.5. The van der Waals surface area contributed by atoms with Crippen molar-refractivity contribution in [3.63, 3.8) is 0 Å². The quantitative estimate of drug-likeness (QED) is 0.686. The Bertz CT molecular complexity index is 945. The van der Waals surface area contributed by atoms with Crippen molar-refractivity contribution in [1.82, 2.24) is 9.55 Å². The van der Waals surface area contributed by atoms with Crippen molar-refractivity contribution in [3.8, 4) is 0 Å². The van der Waals surface area contributed by atoms with E-state index in [1.165, 1.54) is 4.57 Å². The van der Waals surface area contributed by atoms with E-state index in [2.05, 4.69) is 4.98 Å². The molecular formula is C17H12Cl2N2O. The highest BCUT2D eigenvalue weighted by Gasteiger charge is 2.06. The van der Waals surface area contributed by atoms with Gasteiger partial charge in [-0.2, -0.15) is 0 Å². The van der Waals surface area contributed by atoms with E-state index in [1.807, 2.05) is 30.3 Å². The molecule has 1 heterocycles. The number of benzene rings is 2. The van der Waals surface area contributed by atoms with Gasteiger partial charge in [-0.25, -0.2) is 4.98 Å². The summed E-state index contributed by atoms with van der Waals surface area (Å²) in [7, 11) is 0. The molecule has 0 aliphatic carbocycles. The molecule has 3 aromatic rings. The maximum Gasteiger partial charge on any atom is 0.265 e. The van der Waals surface area contributed by atoms with Crippen LogP contribution in [0.25, 0.3) is 23.2 Å². The molecule has 5 heteroatoms. The summed E-state index contributed by atoms with van der Waals surface area (Å²) in [5.74, 6) is 0.609. The van der Waals surface area contributed by atoms with Crippen LogP contribution in [0.15, 0.2) is 47.3 Å². The molecule has 2 aromatic carbocycles. The minimum atomic E-state index is -0.113. The number of aryl methyl sites for hydroxylation is 1. The van der Waals surface area contributed by atoms with Crippen LogP contribution in [-0.4, -0.2) is 9.55 Å². The molecule has 0 radical (unpaired) electrons. The summed E-state index contributed by atoms with van der Waals surface area (Å²) in [6.45, 7) is 1.79. The first-order chi connectivity index (χ1) is 10.6. The Balaban J connectivity index is 2.13. The smallest absolute Gasteiger partial charge is 0.265 e. The number of halogens is 2. The zero-order valence-electron chi connectivity index (χ0n) is 11.8. The Morgan fingerprint density at radius 1 is 1.09 bits per heavy atom. The molecule has 3 nitrogen and oxygen atoms in total. The van der Waals surface area contributed by atoms with Gasteiger partial charge in [0.2, 0.25) is 0 Å². The fourth-order valence-corrected chi connectivity index (χ4v) is 2.61. The average molecular weight is 331 g/mol. The number of para-hydroxylation sites is 1. The Labute approximate surface area is 137 Å². The molecule has 0 aliphatic rings. The lowest BCUT2D eigenvalue weighted by Gasteiger charge is -2.06. The van der Waals surface area contributed by atoms with Gasteiger partial charge in [0.05, 0.1) is 20.9 Å². The second-order valence-corrected chi connectivity index (χ2v) is 5.60. The van der Waals surface area contributed by atoms with Crippen molar-refractivity contribution < 1.29 is 0 Å². The predicted molar refractivity (Wildman–Crippen MR) is 92.4 cm³/mol. The summed E-state index contributed by atoms with van der Waals surface area (Å²) in [6.07, 6.45) is 3.41. The van der Waals surface area contributed by atoms with Crippen molar-refractivity contribution >= 4 is 46.4 Å². The summed E-state index contributed by atoms with van der Waals surface area (Å²) in [5, 5.41) is 1.51. The maximum absolute atomic E-state index is 12.5. The van der Waals surface area contributed by atoms with E-state index >= 15 is 0 Å². The first-order valence-corrected chi connectivity index (χ1v) is 7.43. The van der Waals surface area contributed by atoms with Gasteiger partial charge in [0.15, 0.2) is 0 Å². The summed E-state index contributed by atoms with van der Waals surface area (Å²) >= 11 is 12.1. The van der Waals surface area contributed by atoms with Crippen LogP contribution in [0.3, 0.4) is 0 Å². The molecule has 0 saturated carbocycles. The number of rotatable bonds is 2. The highest BCUT2D eigenvalue weighted by Crippen LogP contribution is 2.26. The fourth-order valence-electron chi connectivity index (χ4n) is 2.24. The number of hydrogen-bond donors (Lipinski definition) is 0. The monoisotopic (exact) mass is 330 g/mol. The molecule has 110 valence electrons. The van der Waals surface area contributed by atoms with Crippen molar-refractivity contribution in [2.45, 2.75) is 6.92 Å². The van der Waals surface area contributed by atoms with Crippen LogP contribution in [0, 0.1) is 6.92 Å². The lowest BCUT2D eigenvalue weighted by atomic mass is 10.2. The van der Waals surface area contributed by atoms with Gasteiger partial charge >= 0.3 is 0 Å². The van der Waals surface area contributed by atoms with E-state index in [4.69, 9.17) is 23.2 Å². The first kappa shape index (κ1) is 14.8. The molecule has 0 aliphatic heterocycles. The molecule has 0 bridgehead atoms. The van der Waals surface area contributed by atoms with E-state index in [9.17, 15) is 4.79 Å². The minimum absolute atomic E-state index is 0.113.